The van der Waals surface area contributed by atoms with Gasteiger partial charge in [-0.1, -0.05) is 12.1 Å². The molecule has 0 bridgehead atoms. The van der Waals surface area contributed by atoms with Crippen LogP contribution in [0.15, 0.2) is 46.9 Å². The van der Waals surface area contributed by atoms with Crippen LogP contribution in [0, 0.1) is 10.1 Å². The molecular weight excluding hydrogens is 326 g/mol. The molecule has 2 aromatic carbocycles. The molecular formula is C14H10BrNO4. The Bertz CT molecular complexity index is 657. The summed E-state index contributed by atoms with van der Waals surface area (Å²) < 4.78 is 6.23. The fourth-order valence-corrected chi connectivity index (χ4v) is 2.14. The Morgan fingerprint density at radius 1 is 1.25 bits per heavy atom. The van der Waals surface area contributed by atoms with E-state index in [0.29, 0.717) is 21.3 Å². The van der Waals surface area contributed by atoms with Crippen LogP contribution in [0.5, 0.6) is 5.75 Å². The van der Waals surface area contributed by atoms with E-state index in [-0.39, 0.29) is 12.3 Å². The molecule has 2 aromatic rings. The number of hydrogen-bond donors (Lipinski definition) is 0. The highest BCUT2D eigenvalue weighted by Crippen LogP contribution is 2.26. The van der Waals surface area contributed by atoms with Gasteiger partial charge < -0.3 is 4.74 Å². The highest BCUT2D eigenvalue weighted by Gasteiger charge is 2.07. The summed E-state index contributed by atoms with van der Waals surface area (Å²) in [6, 6.07) is 11.2. The van der Waals surface area contributed by atoms with Crippen molar-refractivity contribution in [1.29, 1.82) is 0 Å². The van der Waals surface area contributed by atoms with Gasteiger partial charge in [0, 0.05) is 17.7 Å². The number of nitrogens with zero attached hydrogens (tertiary/aromatic N) is 1. The van der Waals surface area contributed by atoms with Crippen molar-refractivity contribution in [2.75, 3.05) is 0 Å². The highest BCUT2D eigenvalue weighted by molar-refractivity contribution is 9.10. The first-order chi connectivity index (χ1) is 9.60. The van der Waals surface area contributed by atoms with Crippen molar-refractivity contribution < 1.29 is 14.5 Å². The lowest BCUT2D eigenvalue weighted by atomic mass is 10.2. The minimum atomic E-state index is -0.446. The molecule has 0 fully saturated rings. The number of hydrogen-bond acceptors (Lipinski definition) is 4. The van der Waals surface area contributed by atoms with Gasteiger partial charge >= 0.3 is 0 Å². The number of rotatable bonds is 5. The first-order valence-electron chi connectivity index (χ1n) is 5.71. The van der Waals surface area contributed by atoms with Crippen LogP contribution in [0.4, 0.5) is 5.69 Å². The predicted molar refractivity (Wildman–Crippen MR) is 77.0 cm³/mol. The number of aldehydes is 1. The van der Waals surface area contributed by atoms with Crippen molar-refractivity contribution in [2.45, 2.75) is 6.61 Å². The van der Waals surface area contributed by atoms with E-state index >= 15 is 0 Å². The van der Waals surface area contributed by atoms with Crippen LogP contribution >= 0.6 is 15.9 Å². The molecule has 0 N–H and O–H groups in total. The molecule has 0 atom stereocenters. The molecule has 0 aliphatic carbocycles. The third-order valence-electron chi connectivity index (χ3n) is 2.61. The summed E-state index contributed by atoms with van der Waals surface area (Å²) in [4.78, 5) is 20.9. The van der Waals surface area contributed by atoms with Crippen LogP contribution in [0.3, 0.4) is 0 Å². The summed E-state index contributed by atoms with van der Waals surface area (Å²) in [5.74, 6) is 0.571. The van der Waals surface area contributed by atoms with Gasteiger partial charge in [0.15, 0.2) is 0 Å². The van der Waals surface area contributed by atoms with E-state index in [1.165, 1.54) is 12.1 Å². The Morgan fingerprint density at radius 3 is 2.70 bits per heavy atom. The number of nitro benzene ring substituents is 1. The van der Waals surface area contributed by atoms with Crippen LogP contribution in [-0.2, 0) is 6.61 Å². The van der Waals surface area contributed by atoms with E-state index < -0.39 is 4.92 Å². The molecule has 0 aromatic heterocycles. The molecule has 6 heteroatoms. The van der Waals surface area contributed by atoms with Crippen molar-refractivity contribution in [3.05, 3.63) is 68.2 Å². The third-order valence-corrected chi connectivity index (χ3v) is 3.23. The summed E-state index contributed by atoms with van der Waals surface area (Å²) in [7, 11) is 0. The largest absolute Gasteiger partial charge is 0.488 e. The van der Waals surface area contributed by atoms with Gasteiger partial charge in [0.05, 0.1) is 9.40 Å². The summed E-state index contributed by atoms with van der Waals surface area (Å²) in [6.07, 6.45) is 0.745. The van der Waals surface area contributed by atoms with Crippen LogP contribution in [0.2, 0.25) is 0 Å². The maximum absolute atomic E-state index is 10.7. The van der Waals surface area contributed by atoms with E-state index in [0.717, 1.165) is 6.29 Å². The predicted octanol–water partition coefficient (Wildman–Crippen LogP) is 3.75. The Hall–Kier alpha value is -2.21. The summed E-state index contributed by atoms with van der Waals surface area (Å²) >= 11 is 3.31. The normalized spacial score (nSPS) is 10.1. The molecule has 0 unspecified atom stereocenters. The van der Waals surface area contributed by atoms with Gasteiger partial charge in [0.25, 0.3) is 5.69 Å². The van der Waals surface area contributed by atoms with Crippen molar-refractivity contribution in [3.63, 3.8) is 0 Å². The lowest BCUT2D eigenvalue weighted by Crippen LogP contribution is -1.97. The number of halogens is 1. The zero-order valence-electron chi connectivity index (χ0n) is 10.3. The molecule has 0 aliphatic heterocycles. The molecule has 0 saturated carbocycles. The monoisotopic (exact) mass is 335 g/mol. The zero-order valence-corrected chi connectivity index (χ0v) is 11.9. The topological polar surface area (TPSA) is 69.4 Å². The van der Waals surface area contributed by atoms with Crippen molar-refractivity contribution in [2.24, 2.45) is 0 Å². The Balaban J connectivity index is 2.10. The number of benzene rings is 2. The van der Waals surface area contributed by atoms with E-state index in [1.807, 2.05) is 0 Å². The number of ether oxygens (including phenoxy) is 1. The quantitative estimate of drug-likeness (QED) is 0.474. The molecule has 0 heterocycles. The number of non-ortho nitro benzene ring substituents is 1. The molecule has 0 amide bonds. The molecule has 5 nitrogen and oxygen atoms in total. The molecule has 2 rings (SSSR count). The van der Waals surface area contributed by atoms with Gasteiger partial charge in [-0.15, -0.1) is 0 Å². The summed E-state index contributed by atoms with van der Waals surface area (Å²) in [5, 5.41) is 10.7. The van der Waals surface area contributed by atoms with Crippen molar-refractivity contribution >= 4 is 27.9 Å². The van der Waals surface area contributed by atoms with Gasteiger partial charge in [-0.25, -0.2) is 0 Å². The molecule has 0 saturated heterocycles. The lowest BCUT2D eigenvalue weighted by Gasteiger charge is -2.08. The Morgan fingerprint density at radius 2 is 2.05 bits per heavy atom. The lowest BCUT2D eigenvalue weighted by molar-refractivity contribution is -0.384. The van der Waals surface area contributed by atoms with E-state index in [2.05, 4.69) is 15.9 Å². The first-order valence-corrected chi connectivity index (χ1v) is 6.50. The summed E-state index contributed by atoms with van der Waals surface area (Å²) in [5.41, 5.74) is 1.27. The molecule has 20 heavy (non-hydrogen) atoms. The average Bonchev–Trinajstić information content (AvgIpc) is 2.46. The Kier molecular flexibility index (Phi) is 4.47. The molecule has 0 spiro atoms. The van der Waals surface area contributed by atoms with Gasteiger partial charge in [-0.2, -0.15) is 0 Å². The number of carbonyl (C=O) groups is 1. The molecule has 0 aliphatic rings. The third kappa shape index (κ3) is 3.42. The average molecular weight is 336 g/mol. The number of carbonyl (C=O) groups excluding carboxylic acids is 1. The smallest absolute Gasteiger partial charge is 0.269 e. The van der Waals surface area contributed by atoms with Crippen LogP contribution in [-0.4, -0.2) is 11.2 Å². The minimum absolute atomic E-state index is 0.0291. The van der Waals surface area contributed by atoms with Gasteiger partial charge in [-0.3, -0.25) is 14.9 Å². The maximum Gasteiger partial charge on any atom is 0.269 e. The van der Waals surface area contributed by atoms with E-state index in [9.17, 15) is 14.9 Å². The van der Waals surface area contributed by atoms with Gasteiger partial charge in [-0.05, 0) is 39.7 Å². The highest BCUT2D eigenvalue weighted by atomic mass is 79.9. The van der Waals surface area contributed by atoms with Crippen LogP contribution in [0.25, 0.3) is 0 Å². The summed E-state index contributed by atoms with van der Waals surface area (Å²) in [6.45, 7) is 0.209. The second-order valence-electron chi connectivity index (χ2n) is 4.02. The zero-order chi connectivity index (χ0) is 14.5. The Labute approximate surface area is 123 Å². The van der Waals surface area contributed by atoms with Crippen molar-refractivity contribution in [3.8, 4) is 5.75 Å². The second-order valence-corrected chi connectivity index (χ2v) is 4.88. The standard InChI is InChI=1S/C14H10BrNO4/c15-13-7-10(8-17)4-5-14(13)20-9-11-2-1-3-12(6-11)16(18)19/h1-8H,9H2. The maximum atomic E-state index is 10.7. The fourth-order valence-electron chi connectivity index (χ4n) is 1.63. The van der Waals surface area contributed by atoms with E-state index in [1.54, 1.807) is 30.3 Å². The minimum Gasteiger partial charge on any atom is -0.488 e. The number of nitro groups is 1. The molecule has 102 valence electrons. The first kappa shape index (κ1) is 14.2. The van der Waals surface area contributed by atoms with Crippen LogP contribution in [0.1, 0.15) is 15.9 Å². The molecule has 0 radical (unpaired) electrons. The SMILES string of the molecule is O=Cc1ccc(OCc2cccc([N+](=O)[O-])c2)c(Br)c1. The van der Waals surface area contributed by atoms with E-state index in [4.69, 9.17) is 4.74 Å². The van der Waals surface area contributed by atoms with Gasteiger partial charge in [0.2, 0.25) is 0 Å². The van der Waals surface area contributed by atoms with Crippen LogP contribution < -0.4 is 4.74 Å². The fraction of sp³-hybridized carbons (Fsp3) is 0.0714. The second kappa shape index (κ2) is 6.29. The van der Waals surface area contributed by atoms with Gasteiger partial charge in [0.1, 0.15) is 18.6 Å². The van der Waals surface area contributed by atoms with Crippen molar-refractivity contribution in [1.82, 2.24) is 0 Å².